The fraction of sp³-hybridized carbons (Fsp3) is 0.786. The van der Waals surface area contributed by atoms with Gasteiger partial charge in [-0.3, -0.25) is 0 Å². The van der Waals surface area contributed by atoms with Crippen LogP contribution in [-0.2, 0) is 9.53 Å². The van der Waals surface area contributed by atoms with Crippen LogP contribution in [0.5, 0.6) is 0 Å². The van der Waals surface area contributed by atoms with Crippen molar-refractivity contribution in [1.29, 1.82) is 0 Å². The average molecular weight is 238 g/mol. The maximum atomic E-state index is 14.6. The second-order valence-corrected chi connectivity index (χ2v) is 6.46. The van der Waals surface area contributed by atoms with E-state index in [0.717, 1.165) is 19.3 Å². The molecule has 0 radical (unpaired) electrons. The number of carbonyl (C=O) groups excluding carboxylic acids is 1. The minimum atomic E-state index is -1.07. The Bertz CT molecular complexity index is 374. The molecule has 0 amide bonds. The van der Waals surface area contributed by atoms with E-state index >= 15 is 0 Å². The Hall–Kier alpha value is -0.860. The Morgan fingerprint density at radius 1 is 1.29 bits per heavy atom. The molecule has 0 aromatic carbocycles. The van der Waals surface area contributed by atoms with Crippen LogP contribution in [0.2, 0.25) is 0 Å². The SMILES string of the molecule is C=C(C)C(=O)OC12CC3CC(CC(F)(C3)C1)C2. The summed E-state index contributed by atoms with van der Waals surface area (Å²) in [6.07, 6.45) is 4.60. The molecule has 0 aromatic heterocycles. The molecular weight excluding hydrogens is 219 g/mol. The van der Waals surface area contributed by atoms with E-state index in [-0.39, 0.29) is 5.97 Å². The lowest BCUT2D eigenvalue weighted by Gasteiger charge is -2.58. The summed E-state index contributed by atoms with van der Waals surface area (Å²) in [5.41, 5.74) is -1.18. The molecule has 17 heavy (non-hydrogen) atoms. The summed E-state index contributed by atoms with van der Waals surface area (Å²) in [6, 6.07) is 0. The molecule has 4 aliphatic carbocycles. The molecule has 4 bridgehead atoms. The maximum Gasteiger partial charge on any atom is 0.333 e. The zero-order chi connectivity index (χ0) is 12.3. The predicted octanol–water partition coefficient (Wildman–Crippen LogP) is 3.17. The Morgan fingerprint density at radius 2 is 1.88 bits per heavy atom. The van der Waals surface area contributed by atoms with Crippen molar-refractivity contribution >= 4 is 5.97 Å². The molecule has 2 nitrogen and oxygen atoms in total. The van der Waals surface area contributed by atoms with Gasteiger partial charge < -0.3 is 4.74 Å². The van der Waals surface area contributed by atoms with Crippen LogP contribution < -0.4 is 0 Å². The third-order valence-corrected chi connectivity index (χ3v) is 4.59. The van der Waals surface area contributed by atoms with Crippen LogP contribution in [0.3, 0.4) is 0 Å². The highest BCUT2D eigenvalue weighted by Crippen LogP contribution is 2.60. The molecule has 2 atom stereocenters. The summed E-state index contributed by atoms with van der Waals surface area (Å²) >= 11 is 0. The molecule has 4 aliphatic rings. The molecule has 0 aromatic rings. The van der Waals surface area contributed by atoms with E-state index in [9.17, 15) is 9.18 Å². The van der Waals surface area contributed by atoms with E-state index in [4.69, 9.17) is 4.74 Å². The van der Waals surface area contributed by atoms with Crippen LogP contribution in [0.4, 0.5) is 4.39 Å². The average Bonchev–Trinajstić information content (AvgIpc) is 2.11. The fourth-order valence-electron chi connectivity index (χ4n) is 4.47. The molecule has 0 spiro atoms. The largest absolute Gasteiger partial charge is 0.456 e. The lowest BCUT2D eigenvalue weighted by molar-refractivity contribution is -0.200. The zero-order valence-electron chi connectivity index (χ0n) is 10.3. The molecule has 3 heteroatoms. The Kier molecular flexibility index (Phi) is 2.20. The molecule has 4 rings (SSSR count). The third kappa shape index (κ3) is 1.80. The molecule has 2 unspecified atom stereocenters. The highest BCUT2D eigenvalue weighted by Gasteiger charge is 2.60. The van der Waals surface area contributed by atoms with Gasteiger partial charge in [0.2, 0.25) is 0 Å². The van der Waals surface area contributed by atoms with Gasteiger partial charge in [0.05, 0.1) is 0 Å². The minimum absolute atomic E-state index is 0.351. The van der Waals surface area contributed by atoms with Gasteiger partial charge in [-0.1, -0.05) is 6.58 Å². The van der Waals surface area contributed by atoms with Gasteiger partial charge in [0, 0.05) is 12.0 Å². The van der Waals surface area contributed by atoms with Crippen molar-refractivity contribution in [3.63, 3.8) is 0 Å². The first kappa shape index (κ1) is 11.2. The Morgan fingerprint density at radius 3 is 2.35 bits per heavy atom. The number of hydrogen-bond donors (Lipinski definition) is 0. The highest BCUT2D eigenvalue weighted by molar-refractivity contribution is 5.87. The zero-order valence-corrected chi connectivity index (χ0v) is 10.3. The first-order chi connectivity index (χ1) is 7.90. The van der Waals surface area contributed by atoms with Crippen LogP contribution in [0.15, 0.2) is 12.2 Å². The van der Waals surface area contributed by atoms with E-state index in [1.807, 2.05) is 0 Å². The van der Waals surface area contributed by atoms with Gasteiger partial charge in [-0.05, 0) is 50.9 Å². The lowest BCUT2D eigenvalue weighted by Crippen LogP contribution is -2.58. The normalized spacial score (nSPS) is 46.9. The quantitative estimate of drug-likeness (QED) is 0.545. The first-order valence-electron chi connectivity index (χ1n) is 6.48. The van der Waals surface area contributed by atoms with E-state index < -0.39 is 11.3 Å². The molecule has 0 aliphatic heterocycles. The molecule has 4 saturated carbocycles. The van der Waals surface area contributed by atoms with Gasteiger partial charge in [-0.25, -0.2) is 9.18 Å². The minimum Gasteiger partial charge on any atom is -0.456 e. The lowest BCUT2D eigenvalue weighted by atomic mass is 9.53. The summed E-state index contributed by atoms with van der Waals surface area (Å²) in [5.74, 6) is 0.480. The van der Waals surface area contributed by atoms with Gasteiger partial charge in [0.1, 0.15) is 11.3 Å². The standard InChI is InChI=1S/C14H19FO2/c1-9(2)12(16)17-14-6-10-3-11(7-14)5-13(15,4-10)8-14/h10-11H,1,3-8H2,2H3. The highest BCUT2D eigenvalue weighted by atomic mass is 19.1. The number of ether oxygens (including phenoxy) is 1. The summed E-state index contributed by atoms with van der Waals surface area (Å²) < 4.78 is 20.2. The molecule has 0 saturated heterocycles. The van der Waals surface area contributed by atoms with Crippen molar-refractivity contribution in [1.82, 2.24) is 0 Å². The Balaban J connectivity index is 1.83. The van der Waals surface area contributed by atoms with Crippen LogP contribution >= 0.6 is 0 Å². The number of rotatable bonds is 2. The third-order valence-electron chi connectivity index (χ3n) is 4.59. The first-order valence-corrected chi connectivity index (χ1v) is 6.48. The Labute approximate surface area is 101 Å². The fourth-order valence-corrected chi connectivity index (χ4v) is 4.47. The van der Waals surface area contributed by atoms with E-state index in [1.165, 1.54) is 0 Å². The molecule has 0 heterocycles. The summed E-state index contributed by atoms with van der Waals surface area (Å²) in [5, 5.41) is 0. The number of alkyl halides is 1. The van der Waals surface area contributed by atoms with Gasteiger partial charge in [0.25, 0.3) is 0 Å². The van der Waals surface area contributed by atoms with Crippen LogP contribution in [0.25, 0.3) is 0 Å². The van der Waals surface area contributed by atoms with Crippen molar-refractivity contribution < 1.29 is 13.9 Å². The number of halogens is 1. The summed E-state index contributed by atoms with van der Waals surface area (Å²) in [4.78, 5) is 11.7. The van der Waals surface area contributed by atoms with Crippen molar-refractivity contribution in [2.24, 2.45) is 11.8 Å². The monoisotopic (exact) mass is 238 g/mol. The molecule has 0 N–H and O–H groups in total. The molecule has 4 fully saturated rings. The summed E-state index contributed by atoms with van der Waals surface area (Å²) in [7, 11) is 0. The van der Waals surface area contributed by atoms with Crippen molar-refractivity contribution in [3.8, 4) is 0 Å². The second kappa shape index (κ2) is 3.33. The van der Waals surface area contributed by atoms with Crippen molar-refractivity contribution in [3.05, 3.63) is 12.2 Å². The number of hydrogen-bond acceptors (Lipinski definition) is 2. The van der Waals surface area contributed by atoms with E-state index in [1.54, 1.807) is 6.92 Å². The molecule has 94 valence electrons. The van der Waals surface area contributed by atoms with Gasteiger partial charge in [-0.15, -0.1) is 0 Å². The maximum absolute atomic E-state index is 14.6. The van der Waals surface area contributed by atoms with Gasteiger partial charge in [0.15, 0.2) is 0 Å². The predicted molar refractivity (Wildman–Crippen MR) is 62.2 cm³/mol. The topological polar surface area (TPSA) is 26.3 Å². The van der Waals surface area contributed by atoms with Crippen molar-refractivity contribution in [2.75, 3.05) is 0 Å². The van der Waals surface area contributed by atoms with E-state index in [0.29, 0.717) is 36.7 Å². The smallest absolute Gasteiger partial charge is 0.333 e. The van der Waals surface area contributed by atoms with Crippen LogP contribution in [0.1, 0.15) is 45.4 Å². The van der Waals surface area contributed by atoms with E-state index in [2.05, 4.69) is 6.58 Å². The van der Waals surface area contributed by atoms with Gasteiger partial charge in [-0.2, -0.15) is 0 Å². The number of esters is 1. The molecular formula is C14H19FO2. The van der Waals surface area contributed by atoms with Crippen LogP contribution in [-0.4, -0.2) is 17.2 Å². The van der Waals surface area contributed by atoms with Crippen molar-refractivity contribution in [2.45, 2.75) is 56.7 Å². The number of carbonyl (C=O) groups is 1. The summed E-state index contributed by atoms with van der Waals surface area (Å²) in [6.45, 7) is 5.25. The van der Waals surface area contributed by atoms with Gasteiger partial charge >= 0.3 is 5.97 Å². The second-order valence-electron chi connectivity index (χ2n) is 6.46. The van der Waals surface area contributed by atoms with Crippen LogP contribution in [0, 0.1) is 11.8 Å².